The molecule has 8 heteroatoms. The van der Waals surface area contributed by atoms with Gasteiger partial charge in [0, 0.05) is 25.4 Å². The summed E-state index contributed by atoms with van der Waals surface area (Å²) in [5.74, 6) is 0.332. The topological polar surface area (TPSA) is 51.7 Å². The van der Waals surface area contributed by atoms with E-state index in [9.17, 15) is 18.0 Å². The molecule has 140 valence electrons. The molecule has 25 heavy (non-hydrogen) atoms. The first-order valence-corrected chi connectivity index (χ1v) is 8.18. The first-order chi connectivity index (χ1) is 11.5. The fraction of sp³-hybridized carbons (Fsp3) is 0.647. The Labute approximate surface area is 145 Å². The zero-order valence-electron chi connectivity index (χ0n) is 14.6. The second-order valence-corrected chi connectivity index (χ2v) is 7.10. The van der Waals surface area contributed by atoms with E-state index >= 15 is 0 Å². The zero-order valence-corrected chi connectivity index (χ0v) is 14.6. The van der Waals surface area contributed by atoms with Gasteiger partial charge in [0.05, 0.1) is 6.61 Å². The van der Waals surface area contributed by atoms with Crippen LogP contribution in [0.2, 0.25) is 0 Å². The largest absolute Gasteiger partial charge is 0.493 e. The number of nitrogens with zero attached hydrogens (tertiary/aromatic N) is 2. The second kappa shape index (κ2) is 7.49. The van der Waals surface area contributed by atoms with Crippen molar-refractivity contribution in [2.24, 2.45) is 5.92 Å². The van der Waals surface area contributed by atoms with Gasteiger partial charge in [-0.2, -0.15) is 13.2 Å². The van der Waals surface area contributed by atoms with E-state index in [0.29, 0.717) is 19.7 Å². The standard InChI is InChI=1S/C17H23F3N2O3/c1-16(2,3)25-15(23)22-8-5-12(6-9-22)11-24-13-4-7-21-14(10-13)17(18,19)20/h4,7,10,12H,5-6,8-9,11H2,1-3H3. The van der Waals surface area contributed by atoms with Crippen LogP contribution in [0.15, 0.2) is 18.3 Å². The van der Waals surface area contributed by atoms with Gasteiger partial charge in [-0.25, -0.2) is 4.79 Å². The van der Waals surface area contributed by atoms with Crippen molar-refractivity contribution in [2.75, 3.05) is 19.7 Å². The van der Waals surface area contributed by atoms with Crippen molar-refractivity contribution < 1.29 is 27.4 Å². The molecule has 0 atom stereocenters. The second-order valence-electron chi connectivity index (χ2n) is 7.10. The molecule has 2 heterocycles. The normalized spacial score (nSPS) is 16.6. The molecule has 1 aliphatic rings. The molecular weight excluding hydrogens is 337 g/mol. The van der Waals surface area contributed by atoms with Crippen LogP contribution >= 0.6 is 0 Å². The SMILES string of the molecule is CC(C)(C)OC(=O)N1CCC(COc2ccnc(C(F)(F)F)c2)CC1. The summed E-state index contributed by atoms with van der Waals surface area (Å²) in [7, 11) is 0. The third-order valence-electron chi connectivity index (χ3n) is 3.77. The van der Waals surface area contributed by atoms with Crippen LogP contribution in [0.1, 0.15) is 39.3 Å². The number of hydrogen-bond donors (Lipinski definition) is 0. The van der Waals surface area contributed by atoms with Gasteiger partial charge in [-0.05, 0) is 45.6 Å². The maximum absolute atomic E-state index is 12.6. The van der Waals surface area contributed by atoms with Gasteiger partial charge < -0.3 is 14.4 Å². The van der Waals surface area contributed by atoms with Crippen LogP contribution in [-0.4, -0.2) is 41.3 Å². The Hall–Kier alpha value is -1.99. The number of carbonyl (C=O) groups is 1. The summed E-state index contributed by atoms with van der Waals surface area (Å²) in [4.78, 5) is 16.9. The first kappa shape index (κ1) is 19.3. The third-order valence-corrected chi connectivity index (χ3v) is 3.77. The van der Waals surface area contributed by atoms with Gasteiger partial charge in [0.1, 0.15) is 17.0 Å². The van der Waals surface area contributed by atoms with Gasteiger partial charge in [-0.1, -0.05) is 0 Å². The van der Waals surface area contributed by atoms with Crippen molar-refractivity contribution in [1.82, 2.24) is 9.88 Å². The predicted molar refractivity (Wildman–Crippen MR) is 85.3 cm³/mol. The van der Waals surface area contributed by atoms with Crippen molar-refractivity contribution in [3.63, 3.8) is 0 Å². The maximum atomic E-state index is 12.6. The molecule has 0 aliphatic carbocycles. The lowest BCUT2D eigenvalue weighted by molar-refractivity contribution is -0.141. The Balaban J connectivity index is 1.80. The number of hydrogen-bond acceptors (Lipinski definition) is 4. The molecular formula is C17H23F3N2O3. The molecule has 0 aromatic carbocycles. The summed E-state index contributed by atoms with van der Waals surface area (Å²) >= 11 is 0. The van der Waals surface area contributed by atoms with Crippen molar-refractivity contribution in [2.45, 2.75) is 45.4 Å². The number of pyridine rings is 1. The van der Waals surface area contributed by atoms with Crippen LogP contribution in [-0.2, 0) is 10.9 Å². The molecule has 1 aliphatic heterocycles. The molecule has 5 nitrogen and oxygen atoms in total. The molecule has 1 aromatic rings. The monoisotopic (exact) mass is 360 g/mol. The highest BCUT2D eigenvalue weighted by Crippen LogP contribution is 2.30. The average Bonchev–Trinajstić information content (AvgIpc) is 2.51. The molecule has 1 amide bonds. The smallest absolute Gasteiger partial charge is 0.433 e. The Bertz CT molecular complexity index is 592. The quantitative estimate of drug-likeness (QED) is 0.813. The van der Waals surface area contributed by atoms with Crippen molar-refractivity contribution in [3.8, 4) is 5.75 Å². The van der Waals surface area contributed by atoms with E-state index in [4.69, 9.17) is 9.47 Å². The highest BCUT2D eigenvalue weighted by Gasteiger charge is 2.33. The number of alkyl halides is 3. The van der Waals surface area contributed by atoms with Gasteiger partial charge in [0.15, 0.2) is 0 Å². The molecule has 0 saturated carbocycles. The summed E-state index contributed by atoms with van der Waals surface area (Å²) < 4.78 is 48.7. The Morgan fingerprint density at radius 3 is 2.48 bits per heavy atom. The number of likely N-dealkylation sites (tertiary alicyclic amines) is 1. The minimum atomic E-state index is -4.49. The minimum absolute atomic E-state index is 0.150. The Kier molecular flexibility index (Phi) is 5.80. The molecule has 0 radical (unpaired) electrons. The summed E-state index contributed by atoms with van der Waals surface area (Å²) in [6, 6.07) is 2.31. The van der Waals surface area contributed by atoms with Gasteiger partial charge in [0.25, 0.3) is 0 Å². The van der Waals surface area contributed by atoms with Crippen LogP contribution in [0.3, 0.4) is 0 Å². The molecule has 0 N–H and O–H groups in total. The van der Waals surface area contributed by atoms with Gasteiger partial charge in [0.2, 0.25) is 0 Å². The average molecular weight is 360 g/mol. The van der Waals surface area contributed by atoms with E-state index in [1.807, 2.05) is 20.8 Å². The number of halogens is 3. The number of aromatic nitrogens is 1. The molecule has 1 saturated heterocycles. The molecule has 1 fully saturated rings. The van der Waals surface area contributed by atoms with Crippen LogP contribution in [0, 0.1) is 5.92 Å². The fourth-order valence-corrected chi connectivity index (χ4v) is 2.48. The van der Waals surface area contributed by atoms with E-state index in [1.165, 1.54) is 6.07 Å². The van der Waals surface area contributed by atoms with E-state index in [2.05, 4.69) is 4.98 Å². The minimum Gasteiger partial charge on any atom is -0.493 e. The molecule has 1 aromatic heterocycles. The van der Waals surface area contributed by atoms with Gasteiger partial charge in [-0.3, -0.25) is 4.98 Å². The number of amides is 1. The van der Waals surface area contributed by atoms with E-state index in [0.717, 1.165) is 25.1 Å². The van der Waals surface area contributed by atoms with E-state index < -0.39 is 17.5 Å². The van der Waals surface area contributed by atoms with Crippen molar-refractivity contribution in [1.29, 1.82) is 0 Å². The van der Waals surface area contributed by atoms with E-state index in [-0.39, 0.29) is 17.8 Å². The summed E-state index contributed by atoms with van der Waals surface area (Å²) in [6.07, 6.45) is -2.30. The summed E-state index contributed by atoms with van der Waals surface area (Å²) in [6.45, 7) is 6.85. The lowest BCUT2D eigenvalue weighted by Crippen LogP contribution is -2.42. The predicted octanol–water partition coefficient (Wildman–Crippen LogP) is 4.13. The molecule has 0 unspecified atom stereocenters. The molecule has 0 bridgehead atoms. The van der Waals surface area contributed by atoms with Crippen LogP contribution in [0.25, 0.3) is 0 Å². The maximum Gasteiger partial charge on any atom is 0.433 e. The molecule has 0 spiro atoms. The summed E-state index contributed by atoms with van der Waals surface area (Å²) in [5.41, 5.74) is -1.50. The molecule has 2 rings (SSSR count). The fourth-order valence-electron chi connectivity index (χ4n) is 2.48. The van der Waals surface area contributed by atoms with Gasteiger partial charge in [-0.15, -0.1) is 0 Å². The van der Waals surface area contributed by atoms with Crippen LogP contribution in [0.4, 0.5) is 18.0 Å². The Morgan fingerprint density at radius 2 is 1.92 bits per heavy atom. The highest BCUT2D eigenvalue weighted by atomic mass is 19.4. The lowest BCUT2D eigenvalue weighted by atomic mass is 9.98. The van der Waals surface area contributed by atoms with Crippen molar-refractivity contribution in [3.05, 3.63) is 24.0 Å². The van der Waals surface area contributed by atoms with Crippen LogP contribution < -0.4 is 4.74 Å². The Morgan fingerprint density at radius 1 is 1.28 bits per heavy atom. The third kappa shape index (κ3) is 6.10. The number of carbonyl (C=O) groups excluding carboxylic acids is 1. The number of ether oxygens (including phenoxy) is 2. The lowest BCUT2D eigenvalue weighted by Gasteiger charge is -2.33. The summed E-state index contributed by atoms with van der Waals surface area (Å²) in [5, 5.41) is 0. The first-order valence-electron chi connectivity index (χ1n) is 8.18. The van der Waals surface area contributed by atoms with Crippen molar-refractivity contribution >= 4 is 6.09 Å². The van der Waals surface area contributed by atoms with Gasteiger partial charge >= 0.3 is 12.3 Å². The number of rotatable bonds is 3. The van der Waals surface area contributed by atoms with E-state index in [1.54, 1.807) is 4.90 Å². The van der Waals surface area contributed by atoms with Crippen LogP contribution in [0.5, 0.6) is 5.75 Å². The number of piperidine rings is 1. The zero-order chi connectivity index (χ0) is 18.7. The highest BCUT2D eigenvalue weighted by molar-refractivity contribution is 5.68.